The minimum absolute atomic E-state index is 0.0313. The van der Waals surface area contributed by atoms with Crippen LogP contribution in [0.25, 0.3) is 0 Å². The van der Waals surface area contributed by atoms with Gasteiger partial charge in [0.15, 0.2) is 14.6 Å². The van der Waals surface area contributed by atoms with Crippen molar-refractivity contribution in [3.8, 4) is 0 Å². The van der Waals surface area contributed by atoms with Crippen LogP contribution in [0.1, 0.15) is 46.0 Å². The fraction of sp³-hybridized carbons (Fsp3) is 0.520. The largest absolute Gasteiger partial charge is 0.343 e. The second-order valence-electron chi connectivity index (χ2n) is 9.63. The third-order valence-corrected chi connectivity index (χ3v) is 9.58. The summed E-state index contributed by atoms with van der Waals surface area (Å²) in [6.07, 6.45) is 15.4. The molecule has 1 N–H and O–H groups in total. The maximum absolute atomic E-state index is 13.0. The average Bonchev–Trinajstić information content (AvgIpc) is 3.21. The van der Waals surface area contributed by atoms with Crippen molar-refractivity contribution in [1.29, 1.82) is 5.41 Å². The molecule has 1 unspecified atom stereocenters. The highest BCUT2D eigenvalue weighted by Crippen LogP contribution is 2.42. The first-order valence-electron chi connectivity index (χ1n) is 11.7. The van der Waals surface area contributed by atoms with Crippen LogP contribution in [0.5, 0.6) is 0 Å². The Kier molecular flexibility index (Phi) is 6.96. The molecule has 0 aromatic carbocycles. The van der Waals surface area contributed by atoms with Gasteiger partial charge in [-0.15, -0.1) is 11.3 Å². The van der Waals surface area contributed by atoms with Crippen molar-refractivity contribution < 1.29 is 13.2 Å². The predicted molar refractivity (Wildman–Crippen MR) is 132 cm³/mol. The molecular weight excluding hydrogens is 454 g/mol. The smallest absolute Gasteiger partial charge is 0.223 e. The number of nitrogens with zero attached hydrogens (tertiary/aromatic N) is 2. The lowest BCUT2D eigenvalue weighted by atomic mass is 9.73. The third-order valence-electron chi connectivity index (χ3n) is 7.15. The van der Waals surface area contributed by atoms with E-state index in [1.165, 1.54) is 16.9 Å². The number of aromatic nitrogens is 1. The molecular formula is C25H33N3O3S2. The number of hydrogen-bond acceptors (Lipinski definition) is 5. The van der Waals surface area contributed by atoms with Gasteiger partial charge < -0.3 is 9.47 Å². The number of rotatable bonds is 7. The number of allylic oxidation sites excluding steroid dienone is 7. The molecule has 0 radical (unpaired) electrons. The summed E-state index contributed by atoms with van der Waals surface area (Å²) in [7, 11) is -3.51. The van der Waals surface area contributed by atoms with Gasteiger partial charge in [-0.3, -0.25) is 10.2 Å². The van der Waals surface area contributed by atoms with E-state index in [0.717, 1.165) is 37.8 Å². The molecule has 2 heterocycles. The molecule has 0 saturated carbocycles. The van der Waals surface area contributed by atoms with Crippen LogP contribution in [-0.2, 0) is 21.2 Å². The maximum Gasteiger partial charge on any atom is 0.223 e. The number of nitrogens with one attached hydrogen (secondary N) is 1. The lowest BCUT2D eigenvalue weighted by molar-refractivity contribution is -0.132. The number of piperidine rings is 1. The van der Waals surface area contributed by atoms with Crippen molar-refractivity contribution in [3.63, 3.8) is 0 Å². The van der Waals surface area contributed by atoms with Gasteiger partial charge in [0.05, 0.1) is 10.7 Å². The topological polar surface area (TPSA) is 83.2 Å². The molecule has 1 amide bonds. The highest BCUT2D eigenvalue weighted by molar-refractivity contribution is 7.95. The summed E-state index contributed by atoms with van der Waals surface area (Å²) in [6.45, 7) is 6.34. The molecule has 178 valence electrons. The molecule has 8 heteroatoms. The lowest BCUT2D eigenvalue weighted by Gasteiger charge is -2.33. The maximum atomic E-state index is 13.0. The Balaban J connectivity index is 1.27. The van der Waals surface area contributed by atoms with E-state index in [1.54, 1.807) is 6.08 Å². The first-order valence-corrected chi connectivity index (χ1v) is 14.2. The van der Waals surface area contributed by atoms with E-state index in [9.17, 15) is 13.2 Å². The summed E-state index contributed by atoms with van der Waals surface area (Å²) < 4.78 is 27.9. The van der Waals surface area contributed by atoms with Gasteiger partial charge in [-0.05, 0) is 50.2 Å². The fourth-order valence-electron chi connectivity index (χ4n) is 4.84. The van der Waals surface area contributed by atoms with Crippen molar-refractivity contribution in [3.05, 3.63) is 62.8 Å². The van der Waals surface area contributed by atoms with Gasteiger partial charge in [0, 0.05) is 43.0 Å². The van der Waals surface area contributed by atoms with E-state index in [0.29, 0.717) is 28.7 Å². The molecule has 2 aliphatic carbocycles. The highest BCUT2D eigenvalue weighted by atomic mass is 32.2. The lowest BCUT2D eigenvalue weighted by Crippen LogP contribution is -2.39. The minimum atomic E-state index is -3.51. The number of amides is 1. The SMILES string of the molecule is CC1=CCC2(C)C=C(S(=O)(=O)CCC(=O)N3CCC(CCn4ccsc4=N)CC3)C=CC2=C1. The summed E-state index contributed by atoms with van der Waals surface area (Å²) in [5, 5.41) is 9.79. The first-order chi connectivity index (χ1) is 15.7. The molecule has 1 fully saturated rings. The Bertz CT molecular complexity index is 1190. The van der Waals surface area contributed by atoms with Gasteiger partial charge in [0.25, 0.3) is 0 Å². The zero-order chi connectivity index (χ0) is 23.6. The van der Waals surface area contributed by atoms with Crippen LogP contribution in [0.15, 0.2) is 58.0 Å². The van der Waals surface area contributed by atoms with Gasteiger partial charge in [-0.25, -0.2) is 8.42 Å². The number of carbonyl (C=O) groups is 1. The normalized spacial score (nSPS) is 23.6. The van der Waals surface area contributed by atoms with Crippen molar-refractivity contribution in [1.82, 2.24) is 9.47 Å². The molecule has 1 saturated heterocycles. The van der Waals surface area contributed by atoms with Crippen LogP contribution in [0.3, 0.4) is 0 Å². The Morgan fingerprint density at radius 2 is 2.03 bits per heavy atom. The number of likely N-dealkylation sites (tertiary alicyclic amines) is 1. The van der Waals surface area contributed by atoms with Crippen LogP contribution in [0, 0.1) is 16.7 Å². The molecule has 1 aromatic rings. The number of fused-ring (bicyclic) bond motifs is 1. The minimum Gasteiger partial charge on any atom is -0.343 e. The van der Waals surface area contributed by atoms with Gasteiger partial charge in [0.1, 0.15) is 0 Å². The number of sulfone groups is 1. The molecule has 0 bridgehead atoms. The van der Waals surface area contributed by atoms with Gasteiger partial charge in [-0.2, -0.15) is 0 Å². The van der Waals surface area contributed by atoms with Crippen LogP contribution >= 0.6 is 11.3 Å². The molecule has 4 rings (SSSR count). The van der Waals surface area contributed by atoms with E-state index in [1.807, 2.05) is 33.2 Å². The van der Waals surface area contributed by atoms with E-state index in [4.69, 9.17) is 5.41 Å². The second-order valence-corrected chi connectivity index (χ2v) is 12.6. The number of hydrogen-bond donors (Lipinski definition) is 1. The molecule has 0 spiro atoms. The van der Waals surface area contributed by atoms with Gasteiger partial charge >= 0.3 is 0 Å². The number of thiazole rings is 1. The van der Waals surface area contributed by atoms with E-state index >= 15 is 0 Å². The van der Waals surface area contributed by atoms with Crippen molar-refractivity contribution in [2.45, 2.75) is 52.5 Å². The highest BCUT2D eigenvalue weighted by Gasteiger charge is 2.33. The second kappa shape index (κ2) is 9.58. The summed E-state index contributed by atoms with van der Waals surface area (Å²) in [5.41, 5.74) is 2.04. The van der Waals surface area contributed by atoms with E-state index in [2.05, 4.69) is 26.0 Å². The summed E-state index contributed by atoms with van der Waals surface area (Å²) in [4.78, 5) is 15.5. The Labute approximate surface area is 200 Å². The number of aryl methyl sites for hydroxylation is 1. The molecule has 1 aliphatic heterocycles. The van der Waals surface area contributed by atoms with Crippen molar-refractivity contribution in [2.75, 3.05) is 18.8 Å². The molecule has 3 aliphatic rings. The summed E-state index contributed by atoms with van der Waals surface area (Å²) >= 11 is 1.43. The molecule has 1 aromatic heterocycles. The summed E-state index contributed by atoms with van der Waals surface area (Å²) in [5.74, 6) is 0.326. The number of carbonyl (C=O) groups excluding carboxylic acids is 1. The first kappa shape index (κ1) is 24.0. The van der Waals surface area contributed by atoms with Gasteiger partial charge in [0.2, 0.25) is 5.91 Å². The zero-order valence-corrected chi connectivity index (χ0v) is 21.1. The zero-order valence-electron chi connectivity index (χ0n) is 19.4. The standard InChI is InChI=1S/C25H33N3O3S2/c1-19-5-10-25(2)18-22(4-3-21(25)17-19)33(30,31)16-9-23(29)27-11-6-20(7-12-27)8-13-28-14-15-32-24(28)26/h3-5,14-15,17-18,20,26H,6-13,16H2,1-2H3. The Morgan fingerprint density at radius 3 is 2.73 bits per heavy atom. The quantitative estimate of drug-likeness (QED) is 0.626. The van der Waals surface area contributed by atoms with Crippen molar-refractivity contribution >= 4 is 27.1 Å². The Morgan fingerprint density at radius 1 is 1.27 bits per heavy atom. The van der Waals surface area contributed by atoms with Crippen molar-refractivity contribution in [2.24, 2.45) is 11.3 Å². The molecule has 6 nitrogen and oxygen atoms in total. The van der Waals surface area contributed by atoms with Gasteiger partial charge in [-0.1, -0.05) is 36.8 Å². The van der Waals surface area contributed by atoms with Crippen LogP contribution in [0.4, 0.5) is 0 Å². The van der Waals surface area contributed by atoms with Crippen LogP contribution < -0.4 is 4.80 Å². The third kappa shape index (κ3) is 5.49. The van der Waals surface area contributed by atoms with Crippen LogP contribution in [0.2, 0.25) is 0 Å². The molecule has 33 heavy (non-hydrogen) atoms. The fourth-order valence-corrected chi connectivity index (χ4v) is 6.86. The van der Waals surface area contributed by atoms with E-state index in [-0.39, 0.29) is 23.5 Å². The Hall–Kier alpha value is -2.19. The predicted octanol–water partition coefficient (Wildman–Crippen LogP) is 4.20. The summed E-state index contributed by atoms with van der Waals surface area (Å²) in [6, 6.07) is 0. The van der Waals surface area contributed by atoms with E-state index < -0.39 is 9.84 Å². The average molecular weight is 488 g/mol. The van der Waals surface area contributed by atoms with Crippen LogP contribution in [-0.4, -0.2) is 42.6 Å². The monoisotopic (exact) mass is 487 g/mol. The molecule has 1 atom stereocenters.